The second kappa shape index (κ2) is 8.16. The van der Waals surface area contributed by atoms with E-state index < -0.39 is 0 Å². The summed E-state index contributed by atoms with van der Waals surface area (Å²) in [5.74, 6) is 0.0393. The van der Waals surface area contributed by atoms with E-state index in [1.807, 2.05) is 26.0 Å². The predicted molar refractivity (Wildman–Crippen MR) is 75.9 cm³/mol. The van der Waals surface area contributed by atoms with Gasteiger partial charge in [0, 0.05) is 18.0 Å². The van der Waals surface area contributed by atoms with Gasteiger partial charge in [0.15, 0.2) is 0 Å². The van der Waals surface area contributed by atoms with Crippen LogP contribution in [-0.2, 0) is 11.2 Å². The topological polar surface area (TPSA) is 77.9 Å². The fourth-order valence-corrected chi connectivity index (χ4v) is 1.81. The molecule has 0 fully saturated rings. The maximum Gasteiger partial charge on any atom is 0.224 e. The average Bonchev–Trinajstić information content (AvgIpc) is 2.38. The molecule has 0 unspecified atom stereocenters. The van der Waals surface area contributed by atoms with E-state index in [0.29, 0.717) is 19.5 Å². The number of nitrogens with zero attached hydrogens (tertiary/aromatic N) is 3. The number of carbonyl (C=O) groups is 1. The highest BCUT2D eigenvalue weighted by Crippen LogP contribution is 2.11. The van der Waals surface area contributed by atoms with E-state index >= 15 is 0 Å². The molecule has 0 aliphatic carbocycles. The Morgan fingerprint density at radius 2 is 2.16 bits per heavy atom. The number of amides is 1. The molecule has 0 spiro atoms. The number of nitrogens with one attached hydrogen (secondary N) is 1. The minimum Gasteiger partial charge on any atom is -0.356 e. The Morgan fingerprint density at radius 1 is 1.37 bits per heavy atom. The zero-order chi connectivity index (χ0) is 14.1. The van der Waals surface area contributed by atoms with Gasteiger partial charge in [0.05, 0.1) is 6.42 Å². The fourth-order valence-electron chi connectivity index (χ4n) is 1.81. The molecule has 5 nitrogen and oxygen atoms in total. The smallest absolute Gasteiger partial charge is 0.224 e. The van der Waals surface area contributed by atoms with Crippen molar-refractivity contribution in [1.82, 2.24) is 5.32 Å². The van der Waals surface area contributed by atoms with Gasteiger partial charge in [0.1, 0.15) is 0 Å². The van der Waals surface area contributed by atoms with Crippen LogP contribution in [0, 0.1) is 13.8 Å². The molecule has 1 aromatic rings. The molecule has 0 aliphatic heterocycles. The van der Waals surface area contributed by atoms with Crippen LogP contribution in [0.1, 0.15) is 29.5 Å². The Labute approximate surface area is 113 Å². The molecule has 0 bridgehead atoms. The van der Waals surface area contributed by atoms with Gasteiger partial charge in [-0.15, -0.1) is 0 Å². The first kappa shape index (κ1) is 15.1. The van der Waals surface area contributed by atoms with E-state index in [1.165, 1.54) is 5.56 Å². The highest BCUT2D eigenvalue weighted by atomic mass is 16.1. The highest BCUT2D eigenvalue weighted by molar-refractivity contribution is 5.78. The van der Waals surface area contributed by atoms with Crippen molar-refractivity contribution in [3.8, 4) is 0 Å². The molecule has 5 heteroatoms. The first-order valence-corrected chi connectivity index (χ1v) is 6.47. The van der Waals surface area contributed by atoms with E-state index in [1.54, 1.807) is 0 Å². The Morgan fingerprint density at radius 3 is 2.89 bits per heavy atom. The average molecular weight is 260 g/mol. The van der Waals surface area contributed by atoms with Gasteiger partial charge >= 0.3 is 0 Å². The molecule has 0 atom stereocenters. The van der Waals surface area contributed by atoms with Gasteiger partial charge < -0.3 is 5.32 Å². The molecule has 0 aliphatic rings. The largest absolute Gasteiger partial charge is 0.356 e. The van der Waals surface area contributed by atoms with Crippen LogP contribution in [0.2, 0.25) is 0 Å². The molecule has 0 radical (unpaired) electrons. The monoisotopic (exact) mass is 260 g/mol. The molecule has 0 saturated carbocycles. The van der Waals surface area contributed by atoms with Crippen molar-refractivity contribution >= 4 is 5.91 Å². The number of aryl methyl sites for hydroxylation is 2. The quantitative estimate of drug-likeness (QED) is 0.348. The first-order chi connectivity index (χ1) is 9.13. The van der Waals surface area contributed by atoms with Crippen molar-refractivity contribution in [2.75, 3.05) is 13.1 Å². The van der Waals surface area contributed by atoms with Gasteiger partial charge in [-0.2, -0.15) is 0 Å². The van der Waals surface area contributed by atoms with Crippen LogP contribution >= 0.6 is 0 Å². The van der Waals surface area contributed by atoms with Gasteiger partial charge in [0.2, 0.25) is 5.91 Å². The number of hydrogen-bond acceptors (Lipinski definition) is 2. The van der Waals surface area contributed by atoms with E-state index in [0.717, 1.165) is 24.0 Å². The molecule has 0 saturated heterocycles. The molecule has 0 aromatic heterocycles. The van der Waals surface area contributed by atoms with Crippen molar-refractivity contribution in [3.05, 3.63) is 45.3 Å². The summed E-state index contributed by atoms with van der Waals surface area (Å²) in [5.41, 5.74) is 11.5. The predicted octanol–water partition coefficient (Wildman–Crippen LogP) is 3.05. The lowest BCUT2D eigenvalue weighted by atomic mass is 10.0. The van der Waals surface area contributed by atoms with Crippen LogP contribution in [0.15, 0.2) is 23.3 Å². The fraction of sp³-hybridized carbons (Fsp3) is 0.500. The summed E-state index contributed by atoms with van der Waals surface area (Å²) in [5, 5.41) is 6.33. The van der Waals surface area contributed by atoms with Gasteiger partial charge in [-0.05, 0) is 43.3 Å². The van der Waals surface area contributed by atoms with Crippen molar-refractivity contribution in [3.63, 3.8) is 0 Å². The molecule has 102 valence electrons. The molecular weight excluding hydrogens is 240 g/mol. The summed E-state index contributed by atoms with van der Waals surface area (Å²) < 4.78 is 0. The third kappa shape index (κ3) is 5.93. The SMILES string of the molecule is Cc1ccc(C)c(CC(=O)NCCCCN=[N+]=[N-])c1. The zero-order valence-corrected chi connectivity index (χ0v) is 11.5. The summed E-state index contributed by atoms with van der Waals surface area (Å²) in [6.07, 6.45) is 2.05. The third-order valence-electron chi connectivity index (χ3n) is 2.93. The molecule has 1 rings (SSSR count). The van der Waals surface area contributed by atoms with Crippen LogP contribution < -0.4 is 5.32 Å². The van der Waals surface area contributed by atoms with Crippen LogP contribution in [0.4, 0.5) is 0 Å². The van der Waals surface area contributed by atoms with Crippen molar-refractivity contribution < 1.29 is 4.79 Å². The summed E-state index contributed by atoms with van der Waals surface area (Å²) in [4.78, 5) is 14.5. The Balaban J connectivity index is 2.31. The maximum atomic E-state index is 11.8. The zero-order valence-electron chi connectivity index (χ0n) is 11.5. The number of azide groups is 1. The molecule has 1 N–H and O–H groups in total. The second-order valence-corrected chi connectivity index (χ2v) is 4.62. The highest BCUT2D eigenvalue weighted by Gasteiger charge is 2.05. The first-order valence-electron chi connectivity index (χ1n) is 6.47. The van der Waals surface area contributed by atoms with E-state index in [4.69, 9.17) is 5.53 Å². The second-order valence-electron chi connectivity index (χ2n) is 4.62. The van der Waals surface area contributed by atoms with Gasteiger partial charge in [-0.25, -0.2) is 0 Å². The summed E-state index contributed by atoms with van der Waals surface area (Å²) in [6, 6.07) is 6.14. The van der Waals surface area contributed by atoms with E-state index in [-0.39, 0.29) is 5.91 Å². The number of carbonyl (C=O) groups excluding carboxylic acids is 1. The summed E-state index contributed by atoms with van der Waals surface area (Å²) >= 11 is 0. The number of hydrogen-bond donors (Lipinski definition) is 1. The summed E-state index contributed by atoms with van der Waals surface area (Å²) in [6.45, 7) is 5.16. The van der Waals surface area contributed by atoms with Crippen molar-refractivity contribution in [1.29, 1.82) is 0 Å². The van der Waals surface area contributed by atoms with Gasteiger partial charge in [-0.1, -0.05) is 28.9 Å². The Bertz CT molecular complexity index is 478. The third-order valence-corrected chi connectivity index (χ3v) is 2.93. The molecule has 0 heterocycles. The van der Waals surface area contributed by atoms with Crippen LogP contribution in [-0.4, -0.2) is 19.0 Å². The minimum atomic E-state index is 0.0393. The molecule has 19 heavy (non-hydrogen) atoms. The number of unbranched alkanes of at least 4 members (excludes halogenated alkanes) is 1. The van der Waals surface area contributed by atoms with Crippen LogP contribution in [0.25, 0.3) is 10.4 Å². The minimum absolute atomic E-state index is 0.0393. The Kier molecular flexibility index (Phi) is 6.47. The maximum absolute atomic E-state index is 11.8. The van der Waals surface area contributed by atoms with Crippen LogP contribution in [0.5, 0.6) is 0 Å². The number of rotatable bonds is 7. The molecule has 1 aromatic carbocycles. The van der Waals surface area contributed by atoms with Gasteiger partial charge in [0.25, 0.3) is 0 Å². The number of benzene rings is 1. The van der Waals surface area contributed by atoms with E-state index in [9.17, 15) is 4.79 Å². The van der Waals surface area contributed by atoms with Gasteiger partial charge in [-0.3, -0.25) is 4.79 Å². The lowest BCUT2D eigenvalue weighted by Crippen LogP contribution is -2.26. The summed E-state index contributed by atoms with van der Waals surface area (Å²) in [7, 11) is 0. The van der Waals surface area contributed by atoms with Crippen molar-refractivity contribution in [2.45, 2.75) is 33.1 Å². The van der Waals surface area contributed by atoms with E-state index in [2.05, 4.69) is 21.4 Å². The normalized spacial score (nSPS) is 9.79. The lowest BCUT2D eigenvalue weighted by Gasteiger charge is -2.08. The lowest BCUT2D eigenvalue weighted by molar-refractivity contribution is -0.120. The molecule has 1 amide bonds. The van der Waals surface area contributed by atoms with Crippen molar-refractivity contribution in [2.24, 2.45) is 5.11 Å². The Hall–Kier alpha value is -2.00. The van der Waals surface area contributed by atoms with Crippen LogP contribution in [0.3, 0.4) is 0 Å². The standard InChI is InChI=1S/C14H20N4O/c1-11-5-6-12(2)13(9-11)10-14(19)16-7-3-4-8-17-18-15/h5-6,9H,3-4,7-8,10H2,1-2H3,(H,16,19). The molecular formula is C14H20N4O.